The number of anilines is 2. The fourth-order valence-corrected chi connectivity index (χ4v) is 3.15. The molecule has 1 saturated heterocycles. The van der Waals surface area contributed by atoms with E-state index in [0.29, 0.717) is 17.3 Å². The summed E-state index contributed by atoms with van der Waals surface area (Å²) in [6, 6.07) is 10.4. The Kier molecular flexibility index (Phi) is 5.03. The fraction of sp³-hybridized carbons (Fsp3) is 0.421. The molecule has 0 unspecified atom stereocenters. The summed E-state index contributed by atoms with van der Waals surface area (Å²) < 4.78 is 5.31. The highest BCUT2D eigenvalue weighted by molar-refractivity contribution is 5.56. The second-order valence-corrected chi connectivity index (χ2v) is 6.43. The second-order valence-electron chi connectivity index (χ2n) is 6.43. The van der Waals surface area contributed by atoms with Gasteiger partial charge in [-0.2, -0.15) is 10.4 Å². The van der Waals surface area contributed by atoms with Crippen molar-refractivity contribution in [2.75, 3.05) is 37.0 Å². The number of rotatable bonds is 5. The van der Waals surface area contributed by atoms with Gasteiger partial charge in [0.2, 0.25) is 0 Å². The lowest BCUT2D eigenvalue weighted by molar-refractivity contribution is 0.415. The van der Waals surface area contributed by atoms with Crippen molar-refractivity contribution in [2.24, 2.45) is 5.92 Å². The standard InChI is InChI=1S/C19H23N5O/c1-13-14(2)22-23-19(18(13)10-20)21-11-15-7-8-24(12-15)16-5-4-6-17(9-16)25-3/h4-6,9,15H,7-8,11-12H2,1-3H3,(H,21,23)/t15-/m0/s1. The molecule has 1 atom stereocenters. The van der Waals surface area contributed by atoms with Gasteiger partial charge < -0.3 is 15.0 Å². The first-order chi connectivity index (χ1) is 12.1. The van der Waals surface area contributed by atoms with Crippen LogP contribution in [0.5, 0.6) is 5.75 Å². The molecular weight excluding hydrogens is 314 g/mol. The Morgan fingerprint density at radius 3 is 2.96 bits per heavy atom. The third-order valence-corrected chi connectivity index (χ3v) is 4.83. The Labute approximate surface area is 148 Å². The molecule has 1 aromatic carbocycles. The molecule has 0 aliphatic carbocycles. The third kappa shape index (κ3) is 3.66. The highest BCUT2D eigenvalue weighted by atomic mass is 16.5. The summed E-state index contributed by atoms with van der Waals surface area (Å²) >= 11 is 0. The van der Waals surface area contributed by atoms with Crippen LogP contribution in [0.1, 0.15) is 23.2 Å². The molecule has 1 aliphatic rings. The zero-order chi connectivity index (χ0) is 17.8. The van der Waals surface area contributed by atoms with E-state index in [9.17, 15) is 5.26 Å². The van der Waals surface area contributed by atoms with Gasteiger partial charge in [0.1, 0.15) is 17.4 Å². The fourth-order valence-electron chi connectivity index (χ4n) is 3.15. The van der Waals surface area contributed by atoms with Crippen LogP contribution in [-0.2, 0) is 0 Å². The quantitative estimate of drug-likeness (QED) is 0.904. The Morgan fingerprint density at radius 2 is 2.20 bits per heavy atom. The summed E-state index contributed by atoms with van der Waals surface area (Å²) in [5, 5.41) is 21.0. The molecular formula is C19H23N5O. The third-order valence-electron chi connectivity index (χ3n) is 4.83. The molecule has 25 heavy (non-hydrogen) atoms. The van der Waals surface area contributed by atoms with Gasteiger partial charge in [0.25, 0.3) is 0 Å². The van der Waals surface area contributed by atoms with E-state index in [1.165, 1.54) is 5.69 Å². The van der Waals surface area contributed by atoms with Crippen molar-refractivity contribution in [2.45, 2.75) is 20.3 Å². The average Bonchev–Trinajstić information content (AvgIpc) is 3.12. The van der Waals surface area contributed by atoms with E-state index in [1.54, 1.807) is 7.11 Å². The van der Waals surface area contributed by atoms with Crippen molar-refractivity contribution in [1.29, 1.82) is 5.26 Å². The number of aromatic nitrogens is 2. The van der Waals surface area contributed by atoms with Crippen molar-refractivity contribution in [3.63, 3.8) is 0 Å². The Balaban J connectivity index is 1.63. The van der Waals surface area contributed by atoms with Gasteiger partial charge in [-0.1, -0.05) is 6.07 Å². The highest BCUT2D eigenvalue weighted by Gasteiger charge is 2.23. The SMILES string of the molecule is COc1cccc(N2CC[C@@H](CNc3nnc(C)c(C)c3C#N)C2)c1. The maximum Gasteiger partial charge on any atom is 0.166 e. The zero-order valence-electron chi connectivity index (χ0n) is 14.9. The minimum absolute atomic E-state index is 0.501. The van der Waals surface area contributed by atoms with Gasteiger partial charge in [-0.25, -0.2) is 0 Å². The van der Waals surface area contributed by atoms with Crippen LogP contribution in [0.25, 0.3) is 0 Å². The molecule has 1 N–H and O–H groups in total. The molecule has 1 aliphatic heterocycles. The van der Waals surface area contributed by atoms with E-state index < -0.39 is 0 Å². The van der Waals surface area contributed by atoms with Crippen molar-refractivity contribution in [1.82, 2.24) is 10.2 Å². The molecule has 0 saturated carbocycles. The number of nitrogens with one attached hydrogen (secondary N) is 1. The summed E-state index contributed by atoms with van der Waals surface area (Å²) in [5.41, 5.74) is 3.47. The Morgan fingerprint density at radius 1 is 1.36 bits per heavy atom. The van der Waals surface area contributed by atoms with Crippen LogP contribution >= 0.6 is 0 Å². The normalized spacial score (nSPS) is 16.6. The van der Waals surface area contributed by atoms with E-state index in [4.69, 9.17) is 4.74 Å². The topological polar surface area (TPSA) is 74.1 Å². The summed E-state index contributed by atoms with van der Waals surface area (Å²) in [6.45, 7) is 6.56. The van der Waals surface area contributed by atoms with Crippen LogP contribution in [0.15, 0.2) is 24.3 Å². The number of hydrogen-bond donors (Lipinski definition) is 1. The maximum atomic E-state index is 9.38. The average molecular weight is 337 g/mol. The van der Waals surface area contributed by atoms with E-state index in [0.717, 1.165) is 43.1 Å². The number of aryl methyl sites for hydroxylation is 1. The van der Waals surface area contributed by atoms with E-state index in [-0.39, 0.29) is 0 Å². The van der Waals surface area contributed by atoms with Gasteiger partial charge in [0.05, 0.1) is 12.8 Å². The molecule has 0 spiro atoms. The molecule has 130 valence electrons. The van der Waals surface area contributed by atoms with E-state index in [1.807, 2.05) is 26.0 Å². The van der Waals surface area contributed by atoms with Crippen molar-refractivity contribution < 1.29 is 4.74 Å². The smallest absolute Gasteiger partial charge is 0.166 e. The van der Waals surface area contributed by atoms with Gasteiger partial charge in [0, 0.05) is 31.4 Å². The Hall–Kier alpha value is -2.81. The Bertz CT molecular complexity index is 799. The molecule has 0 radical (unpaired) electrons. The summed E-state index contributed by atoms with van der Waals surface area (Å²) in [6.07, 6.45) is 1.10. The van der Waals surface area contributed by atoms with Crippen LogP contribution in [0, 0.1) is 31.1 Å². The summed E-state index contributed by atoms with van der Waals surface area (Å²) in [7, 11) is 1.69. The number of nitriles is 1. The number of nitrogens with zero attached hydrogens (tertiary/aromatic N) is 4. The van der Waals surface area contributed by atoms with Crippen molar-refractivity contribution in [3.8, 4) is 11.8 Å². The van der Waals surface area contributed by atoms with Crippen LogP contribution in [-0.4, -0.2) is 36.9 Å². The van der Waals surface area contributed by atoms with Gasteiger partial charge >= 0.3 is 0 Å². The molecule has 1 fully saturated rings. The largest absolute Gasteiger partial charge is 0.497 e. The lowest BCUT2D eigenvalue weighted by Crippen LogP contribution is -2.23. The predicted octanol–water partition coefficient (Wildman–Crippen LogP) is 2.91. The van der Waals surface area contributed by atoms with Crippen LogP contribution in [0.4, 0.5) is 11.5 Å². The molecule has 0 bridgehead atoms. The number of benzene rings is 1. The van der Waals surface area contributed by atoms with Crippen molar-refractivity contribution in [3.05, 3.63) is 41.1 Å². The minimum atomic E-state index is 0.501. The molecule has 6 heteroatoms. The first-order valence-electron chi connectivity index (χ1n) is 8.49. The first-order valence-corrected chi connectivity index (χ1v) is 8.49. The minimum Gasteiger partial charge on any atom is -0.497 e. The first kappa shape index (κ1) is 17.0. The van der Waals surface area contributed by atoms with Crippen LogP contribution in [0.2, 0.25) is 0 Å². The molecule has 6 nitrogen and oxygen atoms in total. The molecule has 2 heterocycles. The van der Waals surface area contributed by atoms with E-state index in [2.05, 4.69) is 38.6 Å². The van der Waals surface area contributed by atoms with Crippen LogP contribution < -0.4 is 15.0 Å². The lowest BCUT2D eigenvalue weighted by atomic mass is 10.1. The second kappa shape index (κ2) is 7.39. The van der Waals surface area contributed by atoms with E-state index >= 15 is 0 Å². The molecule has 3 rings (SSSR count). The molecule has 2 aromatic rings. The summed E-state index contributed by atoms with van der Waals surface area (Å²) in [4.78, 5) is 2.37. The van der Waals surface area contributed by atoms with Gasteiger partial charge in [-0.3, -0.25) is 0 Å². The maximum absolute atomic E-state index is 9.38. The molecule has 1 aromatic heterocycles. The predicted molar refractivity (Wildman–Crippen MR) is 98.0 cm³/mol. The summed E-state index contributed by atoms with van der Waals surface area (Å²) in [5.74, 6) is 1.97. The lowest BCUT2D eigenvalue weighted by Gasteiger charge is -2.19. The monoisotopic (exact) mass is 337 g/mol. The van der Waals surface area contributed by atoms with Crippen molar-refractivity contribution >= 4 is 11.5 Å². The highest BCUT2D eigenvalue weighted by Crippen LogP contribution is 2.27. The number of methoxy groups -OCH3 is 1. The van der Waals surface area contributed by atoms with Gasteiger partial charge in [0.15, 0.2) is 5.82 Å². The van der Waals surface area contributed by atoms with Crippen LogP contribution in [0.3, 0.4) is 0 Å². The zero-order valence-corrected chi connectivity index (χ0v) is 14.9. The number of hydrogen-bond acceptors (Lipinski definition) is 6. The molecule has 0 amide bonds. The van der Waals surface area contributed by atoms with Gasteiger partial charge in [-0.05, 0) is 43.9 Å². The number of ether oxygens (including phenoxy) is 1. The van der Waals surface area contributed by atoms with Gasteiger partial charge in [-0.15, -0.1) is 5.10 Å².